The fraction of sp³-hybridized carbons (Fsp3) is 0.694. The molecule has 0 spiro atoms. The number of allylic oxidation sites excluding steroid dienone is 16. The minimum atomic E-state index is -0.813. The predicted octanol–water partition coefficient (Wildman–Crippen LogP) is 18.9. The maximum Gasteiger partial charge on any atom is 0.306 e. The number of esters is 3. The molecule has 0 fully saturated rings. The summed E-state index contributed by atoms with van der Waals surface area (Å²) in [6.07, 6.45) is 74.1. The monoisotopic (exact) mass is 945 g/mol. The standard InChI is InChI=1S/C62H104O6/c1-4-7-10-13-16-19-22-25-27-29-31-33-35-37-40-43-46-49-52-55-61(64)67-58-59(57-66-60(63)54-51-48-45-42-39-24-21-18-15-12-9-6-3)68-62(65)56-53-50-47-44-41-38-36-34-32-30-28-26-23-20-17-14-11-8-5-2/h7,10,16,18-19,21,25-28,31,33,37,40,46,49,59H,4-6,8-9,11-15,17,20,22-24,29-30,32,34-36,38-39,41-45,47-48,50-58H2,1-3H3/b10-7-,19-16-,21-18-,27-25-,28-26-,33-31-,40-37-,49-46-. The zero-order valence-corrected chi connectivity index (χ0v) is 44.3. The Morgan fingerprint density at radius 2 is 0.603 bits per heavy atom. The molecule has 0 aromatic carbocycles. The minimum Gasteiger partial charge on any atom is -0.462 e. The second-order valence-electron chi connectivity index (χ2n) is 18.5. The van der Waals surface area contributed by atoms with Gasteiger partial charge in [0.2, 0.25) is 0 Å². The number of ether oxygens (including phenoxy) is 3. The summed E-state index contributed by atoms with van der Waals surface area (Å²) in [7, 11) is 0. The van der Waals surface area contributed by atoms with Gasteiger partial charge in [-0.1, -0.05) is 227 Å². The van der Waals surface area contributed by atoms with E-state index in [0.29, 0.717) is 19.3 Å². The lowest BCUT2D eigenvalue weighted by atomic mass is 10.1. The van der Waals surface area contributed by atoms with E-state index in [0.717, 1.165) is 89.9 Å². The molecule has 0 aliphatic carbocycles. The lowest BCUT2D eigenvalue weighted by Crippen LogP contribution is -2.30. The first-order chi connectivity index (χ1) is 33.5. The highest BCUT2D eigenvalue weighted by Gasteiger charge is 2.19. The molecule has 6 heteroatoms. The van der Waals surface area contributed by atoms with Gasteiger partial charge in [-0.05, 0) is 109 Å². The van der Waals surface area contributed by atoms with Crippen LogP contribution in [0.4, 0.5) is 0 Å². The zero-order valence-electron chi connectivity index (χ0n) is 44.3. The van der Waals surface area contributed by atoms with E-state index < -0.39 is 6.10 Å². The van der Waals surface area contributed by atoms with Crippen molar-refractivity contribution >= 4 is 17.9 Å². The maximum absolute atomic E-state index is 12.8. The number of carbonyl (C=O) groups is 3. The lowest BCUT2D eigenvalue weighted by Gasteiger charge is -2.18. The van der Waals surface area contributed by atoms with E-state index in [-0.39, 0.29) is 37.5 Å². The smallest absolute Gasteiger partial charge is 0.306 e. The van der Waals surface area contributed by atoms with E-state index in [1.54, 1.807) is 0 Å². The molecule has 0 aromatic heterocycles. The number of hydrogen-bond acceptors (Lipinski definition) is 6. The van der Waals surface area contributed by atoms with Crippen molar-refractivity contribution in [2.24, 2.45) is 0 Å². The molecule has 68 heavy (non-hydrogen) atoms. The van der Waals surface area contributed by atoms with Crippen LogP contribution in [0.2, 0.25) is 0 Å². The van der Waals surface area contributed by atoms with E-state index in [9.17, 15) is 14.4 Å². The molecule has 1 unspecified atom stereocenters. The van der Waals surface area contributed by atoms with Gasteiger partial charge < -0.3 is 14.2 Å². The van der Waals surface area contributed by atoms with Crippen LogP contribution in [0.25, 0.3) is 0 Å². The van der Waals surface area contributed by atoms with E-state index in [1.165, 1.54) is 122 Å². The summed E-state index contributed by atoms with van der Waals surface area (Å²) in [5.74, 6) is -1.00. The molecule has 388 valence electrons. The minimum absolute atomic E-state index is 0.106. The van der Waals surface area contributed by atoms with Crippen LogP contribution in [-0.4, -0.2) is 37.2 Å². The molecule has 0 aliphatic heterocycles. The van der Waals surface area contributed by atoms with E-state index in [1.807, 2.05) is 6.08 Å². The van der Waals surface area contributed by atoms with Gasteiger partial charge in [0.15, 0.2) is 6.10 Å². The first-order valence-corrected chi connectivity index (χ1v) is 28.2. The zero-order chi connectivity index (χ0) is 49.3. The van der Waals surface area contributed by atoms with Crippen LogP contribution in [0.5, 0.6) is 0 Å². The van der Waals surface area contributed by atoms with Crippen molar-refractivity contribution in [3.05, 3.63) is 97.2 Å². The lowest BCUT2D eigenvalue weighted by molar-refractivity contribution is -0.166. The Hall–Kier alpha value is -3.67. The Balaban J connectivity index is 4.48. The van der Waals surface area contributed by atoms with Crippen molar-refractivity contribution < 1.29 is 28.6 Å². The van der Waals surface area contributed by atoms with Gasteiger partial charge in [0.25, 0.3) is 0 Å². The van der Waals surface area contributed by atoms with Gasteiger partial charge in [-0.3, -0.25) is 14.4 Å². The van der Waals surface area contributed by atoms with Crippen LogP contribution in [0.3, 0.4) is 0 Å². The number of carbonyl (C=O) groups excluding carboxylic acids is 3. The fourth-order valence-electron chi connectivity index (χ4n) is 7.57. The van der Waals surface area contributed by atoms with Gasteiger partial charge in [-0.25, -0.2) is 0 Å². The number of rotatable bonds is 50. The topological polar surface area (TPSA) is 78.9 Å². The maximum atomic E-state index is 12.8. The molecule has 0 saturated carbocycles. The molecule has 0 radical (unpaired) electrons. The van der Waals surface area contributed by atoms with Gasteiger partial charge in [-0.2, -0.15) is 0 Å². The molecule has 0 bridgehead atoms. The Kier molecular flexibility index (Phi) is 52.9. The van der Waals surface area contributed by atoms with Crippen LogP contribution in [-0.2, 0) is 28.6 Å². The average molecular weight is 946 g/mol. The second-order valence-corrected chi connectivity index (χ2v) is 18.5. The van der Waals surface area contributed by atoms with Crippen LogP contribution in [0.1, 0.15) is 258 Å². The Morgan fingerprint density at radius 1 is 0.309 bits per heavy atom. The van der Waals surface area contributed by atoms with Gasteiger partial charge in [0.1, 0.15) is 13.2 Å². The largest absolute Gasteiger partial charge is 0.462 e. The molecular weight excluding hydrogens is 841 g/mol. The van der Waals surface area contributed by atoms with Crippen LogP contribution in [0, 0.1) is 0 Å². The Labute approximate surface area is 419 Å². The molecule has 0 N–H and O–H groups in total. The SMILES string of the molecule is CC/C=C\C/C=C\C/C=C\C/C=C\C/C=C\C/C=C\CCC(=O)OCC(COC(=O)CCCCCCC/C=C\CCCCC)OC(=O)CCCCCCCCCCC/C=C\CCCCCCCC. The molecule has 0 amide bonds. The highest BCUT2D eigenvalue weighted by Crippen LogP contribution is 2.14. The van der Waals surface area contributed by atoms with Crippen LogP contribution in [0.15, 0.2) is 97.2 Å². The molecule has 0 aliphatic rings. The molecule has 0 rings (SSSR count). The van der Waals surface area contributed by atoms with Crippen molar-refractivity contribution in [3.63, 3.8) is 0 Å². The summed E-state index contributed by atoms with van der Waals surface area (Å²) < 4.78 is 16.8. The quantitative estimate of drug-likeness (QED) is 0.0262. The van der Waals surface area contributed by atoms with Crippen molar-refractivity contribution in [1.29, 1.82) is 0 Å². The summed E-state index contributed by atoms with van der Waals surface area (Å²) in [5, 5.41) is 0. The number of unbranched alkanes of at least 4 members (excludes halogenated alkanes) is 23. The third kappa shape index (κ3) is 53.3. The molecule has 0 aromatic rings. The molecule has 1 atom stereocenters. The molecule has 6 nitrogen and oxygen atoms in total. The van der Waals surface area contributed by atoms with Gasteiger partial charge >= 0.3 is 17.9 Å². The summed E-state index contributed by atoms with van der Waals surface area (Å²) in [6, 6.07) is 0. The van der Waals surface area contributed by atoms with Gasteiger partial charge in [-0.15, -0.1) is 0 Å². The molecular formula is C62H104O6. The van der Waals surface area contributed by atoms with Crippen LogP contribution < -0.4 is 0 Å². The summed E-state index contributed by atoms with van der Waals surface area (Å²) >= 11 is 0. The Morgan fingerprint density at radius 3 is 1.01 bits per heavy atom. The van der Waals surface area contributed by atoms with Crippen molar-refractivity contribution in [3.8, 4) is 0 Å². The normalized spacial score (nSPS) is 12.8. The van der Waals surface area contributed by atoms with Gasteiger partial charge in [0.05, 0.1) is 0 Å². The fourth-order valence-corrected chi connectivity index (χ4v) is 7.57. The molecule has 0 saturated heterocycles. The molecule has 0 heterocycles. The van der Waals surface area contributed by atoms with E-state index in [2.05, 4.69) is 112 Å². The predicted molar refractivity (Wildman–Crippen MR) is 293 cm³/mol. The second kappa shape index (κ2) is 55.9. The van der Waals surface area contributed by atoms with E-state index in [4.69, 9.17) is 14.2 Å². The number of hydrogen-bond donors (Lipinski definition) is 0. The summed E-state index contributed by atoms with van der Waals surface area (Å²) in [6.45, 7) is 6.43. The average Bonchev–Trinajstić information content (AvgIpc) is 3.34. The van der Waals surface area contributed by atoms with Crippen LogP contribution >= 0.6 is 0 Å². The highest BCUT2D eigenvalue weighted by atomic mass is 16.6. The van der Waals surface area contributed by atoms with Crippen molar-refractivity contribution in [1.82, 2.24) is 0 Å². The van der Waals surface area contributed by atoms with Crippen molar-refractivity contribution in [2.75, 3.05) is 13.2 Å². The summed E-state index contributed by atoms with van der Waals surface area (Å²) in [4.78, 5) is 38.1. The van der Waals surface area contributed by atoms with Crippen molar-refractivity contribution in [2.45, 2.75) is 264 Å². The highest BCUT2D eigenvalue weighted by molar-refractivity contribution is 5.71. The van der Waals surface area contributed by atoms with E-state index >= 15 is 0 Å². The Bertz CT molecular complexity index is 1360. The third-order valence-electron chi connectivity index (χ3n) is 11.8. The van der Waals surface area contributed by atoms with Gasteiger partial charge in [0, 0.05) is 19.3 Å². The first-order valence-electron chi connectivity index (χ1n) is 28.2. The third-order valence-corrected chi connectivity index (χ3v) is 11.8. The first kappa shape index (κ1) is 64.3. The summed E-state index contributed by atoms with van der Waals surface area (Å²) in [5.41, 5.74) is 0.